The lowest BCUT2D eigenvalue weighted by molar-refractivity contribution is -0.139. The van der Waals surface area contributed by atoms with E-state index in [1.54, 1.807) is 17.5 Å². The molecule has 0 aliphatic heterocycles. The van der Waals surface area contributed by atoms with Crippen LogP contribution in [0, 0.1) is 11.3 Å². The number of thiazole rings is 1. The minimum absolute atomic E-state index is 0.00650. The fourth-order valence-corrected chi connectivity index (χ4v) is 3.10. The third-order valence-electron chi connectivity index (χ3n) is 3.73. The number of nitrogens with zero attached hydrogens (tertiary/aromatic N) is 3. The molecule has 28 heavy (non-hydrogen) atoms. The van der Waals surface area contributed by atoms with E-state index in [1.807, 2.05) is 24.3 Å². The first-order chi connectivity index (χ1) is 13.5. The smallest absolute Gasteiger partial charge is 0.311 e. The van der Waals surface area contributed by atoms with Crippen molar-refractivity contribution < 1.29 is 19.1 Å². The van der Waals surface area contributed by atoms with Gasteiger partial charge in [-0.15, -0.1) is 11.3 Å². The molecule has 9 heteroatoms. The van der Waals surface area contributed by atoms with Gasteiger partial charge in [-0.25, -0.2) is 4.98 Å². The largest absolute Gasteiger partial charge is 0.469 e. The number of hydrogen-bond donors (Lipinski definition) is 1. The molecule has 0 fully saturated rings. The Balaban J connectivity index is 1.89. The number of benzene rings is 1. The van der Waals surface area contributed by atoms with E-state index >= 15 is 0 Å². The Bertz CT molecular complexity index is 860. The Hall–Kier alpha value is -3.25. The zero-order valence-corrected chi connectivity index (χ0v) is 16.2. The van der Waals surface area contributed by atoms with Crippen LogP contribution in [0.15, 0.2) is 35.7 Å². The van der Waals surface area contributed by atoms with E-state index in [4.69, 9.17) is 5.26 Å². The SMILES string of the molecule is COC(=O)Cc1csc(NC(=O)CCC(=O)N(CCC#N)c2ccccc2)n1. The normalized spacial score (nSPS) is 10.0. The number of carbonyl (C=O) groups is 3. The predicted octanol–water partition coefficient (Wildman–Crippen LogP) is 2.52. The van der Waals surface area contributed by atoms with Gasteiger partial charge in [0.1, 0.15) is 0 Å². The highest BCUT2D eigenvalue weighted by molar-refractivity contribution is 7.13. The molecule has 1 N–H and O–H groups in total. The highest BCUT2D eigenvalue weighted by atomic mass is 32.1. The van der Waals surface area contributed by atoms with Crippen molar-refractivity contribution in [1.82, 2.24) is 4.98 Å². The van der Waals surface area contributed by atoms with Crippen LogP contribution in [0.1, 0.15) is 25.0 Å². The molecule has 0 saturated heterocycles. The van der Waals surface area contributed by atoms with Crippen molar-refractivity contribution in [3.8, 4) is 6.07 Å². The number of carbonyl (C=O) groups excluding carboxylic acids is 3. The molecule has 2 rings (SSSR count). The average Bonchev–Trinajstić information content (AvgIpc) is 3.14. The van der Waals surface area contributed by atoms with Gasteiger partial charge >= 0.3 is 5.97 Å². The molecule has 146 valence electrons. The second-order valence-corrected chi connectivity index (χ2v) is 6.59. The van der Waals surface area contributed by atoms with Crippen LogP contribution in [0.2, 0.25) is 0 Å². The van der Waals surface area contributed by atoms with Crippen molar-refractivity contribution in [3.63, 3.8) is 0 Å². The third-order valence-corrected chi connectivity index (χ3v) is 4.54. The van der Waals surface area contributed by atoms with Crippen molar-refractivity contribution >= 4 is 39.9 Å². The molecule has 0 aliphatic rings. The first kappa shape index (κ1) is 21.1. The van der Waals surface area contributed by atoms with Gasteiger partial charge in [-0.05, 0) is 12.1 Å². The van der Waals surface area contributed by atoms with Gasteiger partial charge in [-0.1, -0.05) is 18.2 Å². The summed E-state index contributed by atoms with van der Waals surface area (Å²) in [6, 6.07) is 11.1. The second-order valence-electron chi connectivity index (χ2n) is 5.73. The molecule has 0 atom stereocenters. The Morgan fingerprint density at radius 1 is 1.25 bits per heavy atom. The van der Waals surface area contributed by atoms with Gasteiger partial charge in [0.25, 0.3) is 0 Å². The van der Waals surface area contributed by atoms with Crippen LogP contribution in [0.25, 0.3) is 0 Å². The van der Waals surface area contributed by atoms with Crippen molar-refractivity contribution in [1.29, 1.82) is 5.26 Å². The highest BCUT2D eigenvalue weighted by Gasteiger charge is 2.17. The van der Waals surface area contributed by atoms with Crippen LogP contribution in [0.5, 0.6) is 0 Å². The van der Waals surface area contributed by atoms with Crippen molar-refractivity contribution in [2.45, 2.75) is 25.7 Å². The van der Waals surface area contributed by atoms with Gasteiger partial charge in [-0.3, -0.25) is 14.4 Å². The molecular formula is C19H20N4O4S. The number of ether oxygens (including phenoxy) is 1. The summed E-state index contributed by atoms with van der Waals surface area (Å²) in [5, 5.41) is 13.5. The van der Waals surface area contributed by atoms with Gasteiger partial charge in [0.15, 0.2) is 5.13 Å². The van der Waals surface area contributed by atoms with Crippen molar-refractivity contribution in [3.05, 3.63) is 41.4 Å². The number of esters is 1. The first-order valence-electron chi connectivity index (χ1n) is 8.57. The second kappa shape index (κ2) is 10.8. The minimum Gasteiger partial charge on any atom is -0.469 e. The van der Waals surface area contributed by atoms with Gasteiger partial charge in [-0.2, -0.15) is 5.26 Å². The molecule has 1 heterocycles. The maximum absolute atomic E-state index is 12.5. The lowest BCUT2D eigenvalue weighted by Gasteiger charge is -2.21. The van der Waals surface area contributed by atoms with Crippen LogP contribution in [0.4, 0.5) is 10.8 Å². The standard InChI is InChI=1S/C19H20N4O4S/c1-27-18(26)12-14-13-28-19(21-14)22-16(24)8-9-17(25)23(11-5-10-20)15-6-3-2-4-7-15/h2-4,6-7,13H,5,8-9,11-12H2,1H3,(H,21,22,24). The number of hydrogen-bond acceptors (Lipinski definition) is 7. The Labute approximate surface area is 166 Å². The van der Waals surface area contributed by atoms with Crippen LogP contribution >= 0.6 is 11.3 Å². The van der Waals surface area contributed by atoms with Crippen LogP contribution in [0.3, 0.4) is 0 Å². The van der Waals surface area contributed by atoms with Gasteiger partial charge in [0, 0.05) is 30.5 Å². The lowest BCUT2D eigenvalue weighted by atomic mass is 10.2. The van der Waals surface area contributed by atoms with E-state index < -0.39 is 5.97 Å². The predicted molar refractivity (Wildman–Crippen MR) is 105 cm³/mol. The summed E-state index contributed by atoms with van der Waals surface area (Å²) < 4.78 is 4.57. The number of para-hydroxylation sites is 1. The summed E-state index contributed by atoms with van der Waals surface area (Å²) in [6.45, 7) is 0.268. The van der Waals surface area contributed by atoms with E-state index in [0.29, 0.717) is 16.5 Å². The van der Waals surface area contributed by atoms with Gasteiger partial charge in [0.05, 0.1) is 31.7 Å². The molecule has 2 aromatic rings. The van der Waals surface area contributed by atoms with Gasteiger partial charge < -0.3 is 15.0 Å². The van der Waals surface area contributed by atoms with E-state index in [1.165, 1.54) is 23.3 Å². The number of methoxy groups -OCH3 is 1. The number of anilines is 2. The molecule has 0 unspecified atom stereocenters. The summed E-state index contributed by atoms with van der Waals surface area (Å²) in [6.07, 6.45) is 0.231. The molecular weight excluding hydrogens is 380 g/mol. The monoisotopic (exact) mass is 400 g/mol. The molecule has 8 nitrogen and oxygen atoms in total. The molecule has 0 aliphatic carbocycles. The summed E-state index contributed by atoms with van der Waals surface area (Å²) in [4.78, 5) is 41.5. The Morgan fingerprint density at radius 3 is 2.68 bits per heavy atom. The topological polar surface area (TPSA) is 112 Å². The summed E-state index contributed by atoms with van der Waals surface area (Å²) in [5.41, 5.74) is 1.20. The molecule has 1 aromatic heterocycles. The first-order valence-corrected chi connectivity index (χ1v) is 9.45. The molecule has 0 saturated carbocycles. The number of amides is 2. The van der Waals surface area contributed by atoms with Gasteiger partial charge in [0.2, 0.25) is 11.8 Å². The van der Waals surface area contributed by atoms with E-state index in [9.17, 15) is 14.4 Å². The molecule has 0 spiro atoms. The van der Waals surface area contributed by atoms with Crippen molar-refractivity contribution in [2.75, 3.05) is 23.9 Å². The number of rotatable bonds is 9. The minimum atomic E-state index is -0.410. The summed E-state index contributed by atoms with van der Waals surface area (Å²) >= 11 is 1.20. The highest BCUT2D eigenvalue weighted by Crippen LogP contribution is 2.18. The van der Waals surface area contributed by atoms with Crippen LogP contribution in [-0.2, 0) is 25.5 Å². The average molecular weight is 400 g/mol. The van der Waals surface area contributed by atoms with Crippen LogP contribution < -0.4 is 10.2 Å². The summed E-state index contributed by atoms with van der Waals surface area (Å²) in [7, 11) is 1.30. The maximum Gasteiger partial charge on any atom is 0.311 e. The zero-order chi connectivity index (χ0) is 20.4. The molecule has 0 bridgehead atoms. The van der Waals surface area contributed by atoms with E-state index in [0.717, 1.165) is 0 Å². The Kier molecular flexibility index (Phi) is 8.11. The third kappa shape index (κ3) is 6.48. The number of nitrogens with one attached hydrogen (secondary N) is 1. The maximum atomic E-state index is 12.5. The van der Waals surface area contributed by atoms with Crippen molar-refractivity contribution in [2.24, 2.45) is 0 Å². The zero-order valence-electron chi connectivity index (χ0n) is 15.4. The van der Waals surface area contributed by atoms with E-state index in [2.05, 4.69) is 15.0 Å². The fraction of sp³-hybridized carbons (Fsp3) is 0.316. The molecule has 1 aromatic carbocycles. The van der Waals surface area contributed by atoms with E-state index in [-0.39, 0.29) is 44.0 Å². The van der Waals surface area contributed by atoms with Crippen LogP contribution in [-0.4, -0.2) is 36.4 Å². The molecule has 0 radical (unpaired) electrons. The fourth-order valence-electron chi connectivity index (χ4n) is 2.37. The number of nitriles is 1. The Morgan fingerprint density at radius 2 is 2.00 bits per heavy atom. The quantitative estimate of drug-likeness (QED) is 0.647. The summed E-state index contributed by atoms with van der Waals surface area (Å²) in [5.74, 6) is -0.991. The molecule has 2 amide bonds. The lowest BCUT2D eigenvalue weighted by Crippen LogP contribution is -2.32. The number of aromatic nitrogens is 1.